The normalized spacial score (nSPS) is 10.7. The van der Waals surface area contributed by atoms with Crippen molar-refractivity contribution in [2.24, 2.45) is 0 Å². The molecule has 0 spiro atoms. The Balaban J connectivity index is 1.70. The molecule has 0 saturated carbocycles. The zero-order valence-corrected chi connectivity index (χ0v) is 12.9. The fraction of sp³-hybridized carbons (Fsp3) is 0.111. The minimum atomic E-state index is -1.06. The van der Waals surface area contributed by atoms with Gasteiger partial charge >= 0.3 is 0 Å². The van der Waals surface area contributed by atoms with E-state index in [1.54, 1.807) is 18.2 Å². The molecule has 0 atom stereocenters. The number of hydrogen-bond donors (Lipinski definition) is 1. The molecule has 0 aliphatic rings. The van der Waals surface area contributed by atoms with Crippen LogP contribution in [0.4, 0.5) is 13.2 Å². The summed E-state index contributed by atoms with van der Waals surface area (Å²) in [5, 5.41) is 6.16. The van der Waals surface area contributed by atoms with Gasteiger partial charge in [-0.15, -0.1) is 0 Å². The number of amides is 1. The van der Waals surface area contributed by atoms with E-state index >= 15 is 0 Å². The Bertz CT molecular complexity index is 909. The quantitative estimate of drug-likeness (QED) is 0.766. The van der Waals surface area contributed by atoms with Crippen molar-refractivity contribution in [1.82, 2.24) is 10.5 Å². The number of aromatic nitrogens is 1. The van der Waals surface area contributed by atoms with Gasteiger partial charge in [0, 0.05) is 12.1 Å². The zero-order valence-electron chi connectivity index (χ0n) is 12.9. The summed E-state index contributed by atoms with van der Waals surface area (Å²) in [5.74, 6) is -2.87. The first kappa shape index (κ1) is 16.8. The molecule has 2 aromatic carbocycles. The van der Waals surface area contributed by atoms with Gasteiger partial charge in [-0.1, -0.05) is 23.4 Å². The van der Waals surface area contributed by atoms with Crippen LogP contribution in [0.25, 0.3) is 11.3 Å². The second kappa shape index (κ2) is 7.21. The standard InChI is InChI=1S/C18H13F3N2O2/c19-14-4-2-1-3-11(14)7-8-22-18(24)13-10-23-25-17(13)12-5-6-15(20)16(21)9-12/h1-6,9-10H,7-8H2,(H,22,24). The highest BCUT2D eigenvalue weighted by Gasteiger charge is 2.19. The fourth-order valence-corrected chi connectivity index (χ4v) is 2.35. The fourth-order valence-electron chi connectivity index (χ4n) is 2.35. The van der Waals surface area contributed by atoms with Crippen molar-refractivity contribution in [3.8, 4) is 11.3 Å². The number of nitrogens with zero attached hydrogens (tertiary/aromatic N) is 1. The summed E-state index contributed by atoms with van der Waals surface area (Å²) < 4.78 is 44.9. The lowest BCUT2D eigenvalue weighted by Crippen LogP contribution is -2.26. The van der Waals surface area contributed by atoms with Gasteiger partial charge in [0.1, 0.15) is 11.4 Å². The summed E-state index contributed by atoms with van der Waals surface area (Å²) >= 11 is 0. The van der Waals surface area contributed by atoms with E-state index < -0.39 is 17.5 Å². The highest BCUT2D eigenvalue weighted by Crippen LogP contribution is 2.25. The van der Waals surface area contributed by atoms with E-state index in [9.17, 15) is 18.0 Å². The lowest BCUT2D eigenvalue weighted by atomic mass is 10.1. The molecule has 3 aromatic rings. The van der Waals surface area contributed by atoms with Crippen molar-refractivity contribution in [3.63, 3.8) is 0 Å². The van der Waals surface area contributed by atoms with Crippen LogP contribution < -0.4 is 5.32 Å². The van der Waals surface area contributed by atoms with Gasteiger partial charge in [0.25, 0.3) is 5.91 Å². The molecule has 1 N–H and O–H groups in total. The summed E-state index contributed by atoms with van der Waals surface area (Å²) in [5.41, 5.74) is 0.754. The van der Waals surface area contributed by atoms with Gasteiger partial charge in [0.15, 0.2) is 17.4 Å². The molecule has 0 unspecified atom stereocenters. The monoisotopic (exact) mass is 346 g/mol. The number of carbonyl (C=O) groups excluding carboxylic acids is 1. The van der Waals surface area contributed by atoms with Gasteiger partial charge in [-0.25, -0.2) is 13.2 Å². The van der Waals surface area contributed by atoms with Crippen LogP contribution in [-0.4, -0.2) is 17.6 Å². The Morgan fingerprint density at radius 1 is 1.04 bits per heavy atom. The Morgan fingerprint density at radius 2 is 1.84 bits per heavy atom. The average Bonchev–Trinajstić information content (AvgIpc) is 3.09. The zero-order chi connectivity index (χ0) is 17.8. The lowest BCUT2D eigenvalue weighted by Gasteiger charge is -2.06. The van der Waals surface area contributed by atoms with Gasteiger partial charge < -0.3 is 9.84 Å². The predicted molar refractivity (Wildman–Crippen MR) is 84.3 cm³/mol. The van der Waals surface area contributed by atoms with Crippen LogP contribution in [0.5, 0.6) is 0 Å². The van der Waals surface area contributed by atoms with Gasteiger partial charge in [-0.3, -0.25) is 4.79 Å². The number of nitrogens with one attached hydrogen (secondary N) is 1. The third-order valence-corrected chi connectivity index (χ3v) is 3.63. The molecule has 0 aliphatic heterocycles. The molecule has 3 rings (SSSR count). The molecule has 0 saturated heterocycles. The van der Waals surface area contributed by atoms with E-state index in [-0.39, 0.29) is 29.2 Å². The Morgan fingerprint density at radius 3 is 2.60 bits per heavy atom. The number of carbonyl (C=O) groups is 1. The van der Waals surface area contributed by atoms with Crippen LogP contribution >= 0.6 is 0 Å². The third-order valence-electron chi connectivity index (χ3n) is 3.63. The first-order valence-electron chi connectivity index (χ1n) is 7.48. The number of halogens is 3. The molecular formula is C18H13F3N2O2. The van der Waals surface area contributed by atoms with Crippen LogP contribution in [0.15, 0.2) is 53.2 Å². The molecular weight excluding hydrogens is 333 g/mol. The molecule has 1 heterocycles. The number of rotatable bonds is 5. The maximum absolute atomic E-state index is 13.5. The summed E-state index contributed by atoms with van der Waals surface area (Å²) in [6.45, 7) is 0.197. The van der Waals surface area contributed by atoms with Crippen molar-refractivity contribution in [2.75, 3.05) is 6.54 Å². The summed E-state index contributed by atoms with van der Waals surface area (Å²) in [4.78, 5) is 12.3. The molecule has 1 aromatic heterocycles. The van der Waals surface area contributed by atoms with E-state index in [0.29, 0.717) is 12.0 Å². The van der Waals surface area contributed by atoms with Crippen molar-refractivity contribution in [3.05, 3.63) is 77.2 Å². The summed E-state index contributed by atoms with van der Waals surface area (Å²) in [6, 6.07) is 9.42. The average molecular weight is 346 g/mol. The molecule has 1 amide bonds. The van der Waals surface area contributed by atoms with Crippen molar-refractivity contribution >= 4 is 5.91 Å². The minimum absolute atomic E-state index is 0.0299. The van der Waals surface area contributed by atoms with Gasteiger partial charge in [-0.05, 0) is 36.2 Å². The molecule has 0 radical (unpaired) electrons. The van der Waals surface area contributed by atoms with Gasteiger partial charge in [0.2, 0.25) is 0 Å². The SMILES string of the molecule is O=C(NCCc1ccccc1F)c1cnoc1-c1ccc(F)c(F)c1. The first-order chi connectivity index (χ1) is 12.1. The summed E-state index contributed by atoms with van der Waals surface area (Å²) in [6.07, 6.45) is 1.50. The third kappa shape index (κ3) is 3.71. The van der Waals surface area contributed by atoms with Crippen LogP contribution in [0.3, 0.4) is 0 Å². The predicted octanol–water partition coefficient (Wildman–Crippen LogP) is 3.73. The second-order valence-electron chi connectivity index (χ2n) is 5.29. The van der Waals surface area contributed by atoms with Crippen LogP contribution in [0, 0.1) is 17.5 Å². The first-order valence-corrected chi connectivity index (χ1v) is 7.48. The molecule has 25 heavy (non-hydrogen) atoms. The Kier molecular flexibility index (Phi) is 4.83. The van der Waals surface area contributed by atoms with E-state index in [2.05, 4.69) is 10.5 Å². The van der Waals surface area contributed by atoms with Gasteiger partial charge in [-0.2, -0.15) is 0 Å². The molecule has 0 aliphatic carbocycles. The molecule has 128 valence electrons. The van der Waals surface area contributed by atoms with Crippen LogP contribution in [0.2, 0.25) is 0 Å². The van der Waals surface area contributed by atoms with Crippen LogP contribution in [-0.2, 0) is 6.42 Å². The smallest absolute Gasteiger partial charge is 0.256 e. The van der Waals surface area contributed by atoms with Gasteiger partial charge in [0.05, 0.1) is 6.20 Å². The highest BCUT2D eigenvalue weighted by molar-refractivity contribution is 5.99. The minimum Gasteiger partial charge on any atom is -0.355 e. The van der Waals surface area contributed by atoms with Crippen molar-refractivity contribution in [2.45, 2.75) is 6.42 Å². The number of benzene rings is 2. The maximum atomic E-state index is 13.5. The lowest BCUT2D eigenvalue weighted by molar-refractivity contribution is 0.0954. The molecule has 0 fully saturated rings. The molecule has 4 nitrogen and oxygen atoms in total. The number of hydrogen-bond acceptors (Lipinski definition) is 3. The van der Waals surface area contributed by atoms with Crippen LogP contribution in [0.1, 0.15) is 15.9 Å². The summed E-state index contributed by atoms with van der Waals surface area (Å²) in [7, 11) is 0. The Hall–Kier alpha value is -3.09. The second-order valence-corrected chi connectivity index (χ2v) is 5.29. The highest BCUT2D eigenvalue weighted by atomic mass is 19.2. The maximum Gasteiger partial charge on any atom is 0.256 e. The van der Waals surface area contributed by atoms with E-state index in [1.807, 2.05) is 0 Å². The van der Waals surface area contributed by atoms with E-state index in [0.717, 1.165) is 12.1 Å². The molecule has 7 heteroatoms. The van der Waals surface area contributed by atoms with Crippen molar-refractivity contribution in [1.29, 1.82) is 0 Å². The van der Waals surface area contributed by atoms with E-state index in [1.165, 1.54) is 18.3 Å². The van der Waals surface area contributed by atoms with Crippen molar-refractivity contribution < 1.29 is 22.5 Å². The van der Waals surface area contributed by atoms with E-state index in [4.69, 9.17) is 4.52 Å². The Labute approximate surface area is 141 Å². The topological polar surface area (TPSA) is 55.1 Å². The largest absolute Gasteiger partial charge is 0.355 e. The molecule has 0 bridgehead atoms.